The Hall–Kier alpha value is -0.570. The molecule has 3 nitrogen and oxygen atoms in total. The van der Waals surface area contributed by atoms with E-state index in [9.17, 15) is 4.79 Å². The van der Waals surface area contributed by atoms with E-state index >= 15 is 0 Å². The highest BCUT2D eigenvalue weighted by Crippen LogP contribution is 2.37. The number of ether oxygens (including phenoxy) is 1. The number of carbonyl (C=O) groups excluding carboxylic acids is 1. The molecule has 0 aromatic rings. The van der Waals surface area contributed by atoms with Gasteiger partial charge in [0.15, 0.2) is 0 Å². The molecule has 1 amide bonds. The van der Waals surface area contributed by atoms with Crippen LogP contribution in [0.5, 0.6) is 0 Å². The summed E-state index contributed by atoms with van der Waals surface area (Å²) in [4.78, 5) is 10.8. The molecule has 13 heavy (non-hydrogen) atoms. The third-order valence-electron chi connectivity index (χ3n) is 3.47. The van der Waals surface area contributed by atoms with Gasteiger partial charge in [0.2, 0.25) is 5.91 Å². The largest absolute Gasteiger partial charge is 0.376 e. The third kappa shape index (κ3) is 1.46. The van der Waals surface area contributed by atoms with Crippen LogP contribution in [0.2, 0.25) is 0 Å². The van der Waals surface area contributed by atoms with Crippen LogP contribution in [-0.2, 0) is 9.53 Å². The van der Waals surface area contributed by atoms with E-state index in [1.807, 2.05) is 0 Å². The van der Waals surface area contributed by atoms with Crippen molar-refractivity contribution in [1.29, 1.82) is 0 Å². The predicted molar refractivity (Wildman–Crippen MR) is 49.4 cm³/mol. The second kappa shape index (κ2) is 3.29. The lowest BCUT2D eigenvalue weighted by molar-refractivity contribution is -0.142. The molecule has 0 bridgehead atoms. The number of hydrogen-bond donors (Lipinski definition) is 1. The zero-order valence-electron chi connectivity index (χ0n) is 8.14. The first-order chi connectivity index (χ1) is 6.27. The Balaban J connectivity index is 2.01. The minimum absolute atomic E-state index is 0.0356. The van der Waals surface area contributed by atoms with Crippen molar-refractivity contribution in [2.45, 2.75) is 50.2 Å². The second-order valence-electron chi connectivity index (χ2n) is 4.15. The Morgan fingerprint density at radius 1 is 1.38 bits per heavy atom. The molecule has 74 valence electrons. The monoisotopic (exact) mass is 183 g/mol. The fourth-order valence-electron chi connectivity index (χ4n) is 2.52. The van der Waals surface area contributed by atoms with Crippen molar-refractivity contribution < 1.29 is 9.53 Å². The summed E-state index contributed by atoms with van der Waals surface area (Å²) < 4.78 is 5.62. The normalized spacial score (nSPS) is 32.1. The Kier molecular flexibility index (Phi) is 2.28. The molecule has 0 aromatic carbocycles. The molecular formula is C10H17NO2. The van der Waals surface area contributed by atoms with Gasteiger partial charge >= 0.3 is 0 Å². The lowest BCUT2D eigenvalue weighted by Gasteiger charge is -2.46. The van der Waals surface area contributed by atoms with Crippen molar-refractivity contribution in [3.05, 3.63) is 0 Å². The Morgan fingerprint density at radius 3 is 2.46 bits per heavy atom. The summed E-state index contributed by atoms with van der Waals surface area (Å²) in [5.41, 5.74) is -0.0356. The number of methoxy groups -OCH3 is 1. The van der Waals surface area contributed by atoms with Gasteiger partial charge in [-0.3, -0.25) is 4.79 Å². The second-order valence-corrected chi connectivity index (χ2v) is 4.15. The molecule has 1 saturated heterocycles. The van der Waals surface area contributed by atoms with Gasteiger partial charge in [0.05, 0.1) is 11.6 Å². The van der Waals surface area contributed by atoms with Crippen LogP contribution in [0.25, 0.3) is 0 Å². The van der Waals surface area contributed by atoms with Gasteiger partial charge in [0.1, 0.15) is 0 Å². The van der Waals surface area contributed by atoms with E-state index < -0.39 is 0 Å². The third-order valence-corrected chi connectivity index (χ3v) is 3.47. The highest BCUT2D eigenvalue weighted by atomic mass is 16.5. The summed E-state index contributed by atoms with van der Waals surface area (Å²) in [6, 6.07) is 0.283. The van der Waals surface area contributed by atoms with E-state index in [0.29, 0.717) is 6.42 Å². The van der Waals surface area contributed by atoms with Crippen LogP contribution < -0.4 is 5.32 Å². The van der Waals surface area contributed by atoms with Crippen LogP contribution >= 0.6 is 0 Å². The minimum Gasteiger partial charge on any atom is -0.376 e. The Morgan fingerprint density at radius 2 is 2.00 bits per heavy atom. The van der Waals surface area contributed by atoms with E-state index in [2.05, 4.69) is 5.32 Å². The molecule has 0 aromatic heterocycles. The first-order valence-electron chi connectivity index (χ1n) is 5.11. The minimum atomic E-state index is -0.0356. The molecule has 1 unspecified atom stereocenters. The summed E-state index contributed by atoms with van der Waals surface area (Å²) in [6.45, 7) is 0. The van der Waals surface area contributed by atoms with Crippen molar-refractivity contribution in [2.24, 2.45) is 0 Å². The number of β-lactam (4-membered cyclic amide) rings is 1. The average Bonchev–Trinajstić information content (AvgIpc) is 2.14. The summed E-state index contributed by atoms with van der Waals surface area (Å²) in [7, 11) is 1.77. The van der Waals surface area contributed by atoms with Gasteiger partial charge in [-0.1, -0.05) is 19.3 Å². The van der Waals surface area contributed by atoms with Gasteiger partial charge in [0.25, 0.3) is 0 Å². The van der Waals surface area contributed by atoms with Gasteiger partial charge in [-0.05, 0) is 12.8 Å². The van der Waals surface area contributed by atoms with E-state index in [4.69, 9.17) is 4.74 Å². The van der Waals surface area contributed by atoms with Gasteiger partial charge in [-0.2, -0.15) is 0 Å². The molecule has 1 heterocycles. The average molecular weight is 183 g/mol. The number of carbonyl (C=O) groups is 1. The van der Waals surface area contributed by atoms with E-state index in [1.54, 1.807) is 7.11 Å². The molecular weight excluding hydrogens is 166 g/mol. The highest BCUT2D eigenvalue weighted by molar-refractivity contribution is 5.83. The summed E-state index contributed by atoms with van der Waals surface area (Å²) >= 11 is 0. The number of rotatable bonds is 2. The quantitative estimate of drug-likeness (QED) is 0.654. The van der Waals surface area contributed by atoms with Gasteiger partial charge in [0, 0.05) is 13.5 Å². The molecule has 1 aliphatic heterocycles. The van der Waals surface area contributed by atoms with Crippen LogP contribution in [0.3, 0.4) is 0 Å². The highest BCUT2D eigenvalue weighted by Gasteiger charge is 2.45. The topological polar surface area (TPSA) is 38.3 Å². The SMILES string of the molecule is COC1(C2CC(=O)N2)CCCCC1. The van der Waals surface area contributed by atoms with Crippen LogP contribution in [0, 0.1) is 0 Å². The van der Waals surface area contributed by atoms with Crippen LogP contribution in [0.4, 0.5) is 0 Å². The smallest absolute Gasteiger partial charge is 0.222 e. The van der Waals surface area contributed by atoms with E-state index in [-0.39, 0.29) is 17.6 Å². The molecule has 2 rings (SSSR count). The Labute approximate surface area is 78.8 Å². The molecule has 0 radical (unpaired) electrons. The number of amides is 1. The first-order valence-corrected chi connectivity index (χ1v) is 5.11. The molecule has 1 atom stereocenters. The van der Waals surface area contributed by atoms with Crippen LogP contribution in [0.1, 0.15) is 38.5 Å². The molecule has 2 fully saturated rings. The van der Waals surface area contributed by atoms with Gasteiger partial charge in [-0.25, -0.2) is 0 Å². The van der Waals surface area contributed by atoms with Gasteiger partial charge in [-0.15, -0.1) is 0 Å². The fourth-order valence-corrected chi connectivity index (χ4v) is 2.52. The maximum Gasteiger partial charge on any atom is 0.222 e. The molecule has 3 heteroatoms. The van der Waals surface area contributed by atoms with Crippen molar-refractivity contribution in [3.63, 3.8) is 0 Å². The molecule has 1 N–H and O–H groups in total. The van der Waals surface area contributed by atoms with Crippen molar-refractivity contribution >= 4 is 5.91 Å². The maximum absolute atomic E-state index is 10.8. The molecule has 2 aliphatic rings. The van der Waals surface area contributed by atoms with Crippen molar-refractivity contribution in [3.8, 4) is 0 Å². The standard InChI is InChI=1S/C10H17NO2/c1-13-10(5-3-2-4-6-10)8-7-9(12)11-8/h8H,2-7H2,1H3,(H,11,12). The van der Waals surface area contributed by atoms with Gasteiger partial charge < -0.3 is 10.1 Å². The van der Waals surface area contributed by atoms with Crippen LogP contribution in [-0.4, -0.2) is 24.7 Å². The molecule has 1 saturated carbocycles. The number of hydrogen-bond acceptors (Lipinski definition) is 2. The first kappa shape index (κ1) is 9.00. The molecule has 0 spiro atoms. The van der Waals surface area contributed by atoms with Crippen molar-refractivity contribution in [2.75, 3.05) is 7.11 Å². The van der Waals surface area contributed by atoms with E-state index in [0.717, 1.165) is 12.8 Å². The number of nitrogens with one attached hydrogen (secondary N) is 1. The Bertz CT molecular complexity index is 201. The van der Waals surface area contributed by atoms with Crippen molar-refractivity contribution in [1.82, 2.24) is 5.32 Å². The van der Waals surface area contributed by atoms with E-state index in [1.165, 1.54) is 19.3 Å². The zero-order valence-corrected chi connectivity index (χ0v) is 8.14. The lowest BCUT2D eigenvalue weighted by Crippen LogP contribution is -2.63. The van der Waals surface area contributed by atoms with Crippen LogP contribution in [0.15, 0.2) is 0 Å². The lowest BCUT2D eigenvalue weighted by atomic mass is 9.75. The zero-order chi connectivity index (χ0) is 9.31. The summed E-state index contributed by atoms with van der Waals surface area (Å²) in [5, 5.41) is 2.94. The molecule has 1 aliphatic carbocycles. The summed E-state index contributed by atoms with van der Waals surface area (Å²) in [5.74, 6) is 0.173. The predicted octanol–water partition coefficient (Wildman–Crippen LogP) is 1.22. The summed E-state index contributed by atoms with van der Waals surface area (Å²) in [6.07, 6.45) is 6.66. The fraction of sp³-hybridized carbons (Fsp3) is 0.900. The maximum atomic E-state index is 10.8.